The second kappa shape index (κ2) is 4.60. The van der Waals surface area contributed by atoms with Crippen molar-refractivity contribution in [1.82, 2.24) is 0 Å². The predicted molar refractivity (Wildman–Crippen MR) is 88.8 cm³/mol. The van der Waals surface area contributed by atoms with E-state index in [1.165, 1.54) is 6.26 Å². The van der Waals surface area contributed by atoms with E-state index in [2.05, 4.69) is 0 Å². The lowest BCUT2D eigenvalue weighted by Crippen LogP contribution is -2.72. The van der Waals surface area contributed by atoms with Gasteiger partial charge in [0.25, 0.3) is 0 Å². The van der Waals surface area contributed by atoms with Crippen LogP contribution in [-0.4, -0.2) is 76.7 Å². The topological polar surface area (TPSA) is 118 Å². The van der Waals surface area contributed by atoms with E-state index in [4.69, 9.17) is 18.9 Å². The number of rotatable bonds is 0. The Morgan fingerprint density at radius 3 is 2.46 bits per heavy atom. The van der Waals surface area contributed by atoms with Gasteiger partial charge in [-0.2, -0.15) is 0 Å². The third-order valence-corrected chi connectivity index (χ3v) is 8.00. The van der Waals surface area contributed by atoms with Gasteiger partial charge in [0.15, 0.2) is 11.6 Å². The lowest BCUT2D eigenvalue weighted by Gasteiger charge is -2.63. The number of epoxide rings is 2. The van der Waals surface area contributed by atoms with Crippen molar-refractivity contribution in [2.75, 3.05) is 0 Å². The molecule has 8 nitrogen and oxygen atoms in total. The van der Waals surface area contributed by atoms with Gasteiger partial charge in [0.2, 0.25) is 0 Å². The van der Waals surface area contributed by atoms with Crippen LogP contribution in [0.25, 0.3) is 0 Å². The van der Waals surface area contributed by atoms with Crippen LogP contribution in [0.1, 0.15) is 13.8 Å². The van der Waals surface area contributed by atoms with Gasteiger partial charge in [-0.3, -0.25) is 9.59 Å². The first-order chi connectivity index (χ1) is 13.4. The molecule has 2 bridgehead atoms. The molecule has 12 atom stereocenters. The fourth-order valence-electron chi connectivity index (χ4n) is 6.86. The van der Waals surface area contributed by atoms with Crippen LogP contribution in [0.2, 0.25) is 0 Å². The molecule has 8 rings (SSSR count). The maximum absolute atomic E-state index is 13.7. The highest BCUT2D eigenvalue weighted by molar-refractivity contribution is 6.06. The van der Waals surface area contributed by atoms with E-state index in [1.54, 1.807) is 0 Å². The summed E-state index contributed by atoms with van der Waals surface area (Å²) in [6.07, 6.45) is -4.40. The Labute approximate surface area is 160 Å². The summed E-state index contributed by atoms with van der Waals surface area (Å²) in [5, 5.41) is 21.8. The first-order valence-electron chi connectivity index (χ1n) is 9.90. The third kappa shape index (κ3) is 1.47. The van der Waals surface area contributed by atoms with E-state index in [1.807, 2.05) is 13.8 Å². The number of ether oxygens (including phenoxy) is 4. The van der Waals surface area contributed by atoms with Crippen LogP contribution in [0.5, 0.6) is 0 Å². The van der Waals surface area contributed by atoms with Gasteiger partial charge < -0.3 is 29.2 Å². The quantitative estimate of drug-likeness (QED) is 0.509. The molecule has 5 aliphatic heterocycles. The summed E-state index contributed by atoms with van der Waals surface area (Å²) in [5.74, 6) is -1.05. The first-order valence-corrected chi connectivity index (χ1v) is 9.90. The molecule has 1 saturated carbocycles. The van der Waals surface area contributed by atoms with Crippen molar-refractivity contribution in [2.45, 2.75) is 68.8 Å². The van der Waals surface area contributed by atoms with E-state index in [0.717, 1.165) is 0 Å². The van der Waals surface area contributed by atoms with E-state index in [0.29, 0.717) is 16.7 Å². The summed E-state index contributed by atoms with van der Waals surface area (Å²) in [4.78, 5) is 26.7. The maximum atomic E-state index is 13.7. The van der Waals surface area contributed by atoms with Crippen molar-refractivity contribution in [2.24, 2.45) is 17.3 Å². The summed E-state index contributed by atoms with van der Waals surface area (Å²) >= 11 is 0. The number of aliphatic hydroxyl groups is 2. The van der Waals surface area contributed by atoms with E-state index in [9.17, 15) is 19.8 Å². The molecule has 28 heavy (non-hydrogen) atoms. The van der Waals surface area contributed by atoms with Gasteiger partial charge in [0.1, 0.15) is 36.6 Å². The SMILES string of the molecule is C[C@H]1OC=C2[C@@H](O)[C@@H]3O[C@@H]3C(=O)[C@@]23C1[C@@H]1C2=C([C@@H](O)[C@@H]4O[C@@H]4C2=O)[C@H]3O[C@@H]1C. The van der Waals surface area contributed by atoms with Gasteiger partial charge in [0, 0.05) is 23.0 Å². The molecule has 148 valence electrons. The molecule has 0 aromatic carbocycles. The van der Waals surface area contributed by atoms with Crippen LogP contribution in [0.15, 0.2) is 23.0 Å². The number of ketones is 2. The minimum absolute atomic E-state index is 0.113. The summed E-state index contributed by atoms with van der Waals surface area (Å²) in [5.41, 5.74) is 0.269. The van der Waals surface area contributed by atoms with E-state index in [-0.39, 0.29) is 29.7 Å². The summed E-state index contributed by atoms with van der Waals surface area (Å²) < 4.78 is 23.1. The molecule has 4 fully saturated rings. The number of hydrogen-bond donors (Lipinski definition) is 2. The number of Topliss-reactive ketones (excluding diaryl/α,β-unsaturated/α-hetero) is 2. The van der Waals surface area contributed by atoms with Crippen molar-refractivity contribution in [3.63, 3.8) is 0 Å². The zero-order valence-corrected chi connectivity index (χ0v) is 15.3. The second-order valence-corrected chi connectivity index (χ2v) is 9.09. The van der Waals surface area contributed by atoms with Crippen LogP contribution in [0, 0.1) is 17.3 Å². The monoisotopic (exact) mass is 388 g/mol. The highest BCUT2D eigenvalue weighted by atomic mass is 16.6. The Balaban J connectivity index is 1.52. The van der Waals surface area contributed by atoms with Crippen molar-refractivity contribution in [3.05, 3.63) is 23.0 Å². The summed E-state index contributed by atoms with van der Waals surface area (Å²) in [7, 11) is 0. The fourth-order valence-corrected chi connectivity index (χ4v) is 6.86. The first kappa shape index (κ1) is 16.2. The highest BCUT2D eigenvalue weighted by Gasteiger charge is 2.78. The van der Waals surface area contributed by atoms with E-state index < -0.39 is 54.1 Å². The van der Waals surface area contributed by atoms with Crippen molar-refractivity contribution >= 4 is 11.6 Å². The smallest absolute Gasteiger partial charge is 0.190 e. The standard InChI is InChI=1S/C20H20O8/c1-4-7-8-9(13(23)16-15(27-16)12(8)22)19(26-4)20-6(3-25-5(2)10(7)20)11(21)14-17(28-14)18(20)24/h3-5,7,10-11,13-17,19,21,23H,1-2H3/t4-,5-,7+,10?,11-,13-,14+,15-,16+,17+,19-,20+/m1/s1. The lowest BCUT2D eigenvalue weighted by molar-refractivity contribution is -0.210. The predicted octanol–water partition coefficient (Wildman–Crippen LogP) is -0.973. The molecular formula is C20H20O8. The molecule has 0 aromatic heterocycles. The van der Waals surface area contributed by atoms with Gasteiger partial charge in [-0.15, -0.1) is 0 Å². The largest absolute Gasteiger partial charge is 0.498 e. The van der Waals surface area contributed by atoms with Gasteiger partial charge in [0.05, 0.1) is 30.0 Å². The Hall–Kier alpha value is -1.58. The van der Waals surface area contributed by atoms with Gasteiger partial charge in [-0.25, -0.2) is 0 Å². The zero-order chi connectivity index (χ0) is 19.3. The minimum atomic E-state index is -1.19. The molecule has 1 unspecified atom stereocenters. The molecule has 0 amide bonds. The minimum Gasteiger partial charge on any atom is -0.498 e. The van der Waals surface area contributed by atoms with Crippen LogP contribution in [0.4, 0.5) is 0 Å². The molecule has 1 spiro atoms. The third-order valence-electron chi connectivity index (χ3n) is 8.00. The van der Waals surface area contributed by atoms with E-state index >= 15 is 0 Å². The molecule has 0 aromatic rings. The van der Waals surface area contributed by atoms with Crippen LogP contribution in [-0.2, 0) is 28.5 Å². The zero-order valence-electron chi connectivity index (χ0n) is 15.3. The molecule has 8 heteroatoms. The number of fused-ring (bicyclic) bond motifs is 3. The van der Waals surface area contributed by atoms with Crippen LogP contribution < -0.4 is 0 Å². The number of aliphatic hydroxyl groups excluding tert-OH is 2. The number of carbonyl (C=O) groups is 2. The Kier molecular flexibility index (Phi) is 2.67. The Morgan fingerprint density at radius 2 is 1.68 bits per heavy atom. The summed E-state index contributed by atoms with van der Waals surface area (Å²) in [6, 6.07) is 0. The molecular weight excluding hydrogens is 368 g/mol. The molecule has 2 N–H and O–H groups in total. The molecule has 0 radical (unpaired) electrons. The van der Waals surface area contributed by atoms with Crippen LogP contribution >= 0.6 is 0 Å². The summed E-state index contributed by atoms with van der Waals surface area (Å²) in [6.45, 7) is 3.77. The average Bonchev–Trinajstić information content (AvgIpc) is 3.57. The Bertz CT molecular complexity index is 921. The molecule has 8 aliphatic rings. The number of hydrogen-bond acceptors (Lipinski definition) is 8. The molecule has 5 heterocycles. The van der Waals surface area contributed by atoms with Crippen molar-refractivity contribution < 1.29 is 38.7 Å². The fraction of sp³-hybridized carbons (Fsp3) is 0.700. The van der Waals surface area contributed by atoms with Gasteiger partial charge in [-0.1, -0.05) is 0 Å². The normalized spacial score (nSPS) is 60.0. The van der Waals surface area contributed by atoms with Crippen LogP contribution in [0.3, 0.4) is 0 Å². The Morgan fingerprint density at radius 1 is 0.964 bits per heavy atom. The highest BCUT2D eigenvalue weighted by Crippen LogP contribution is 2.67. The maximum Gasteiger partial charge on any atom is 0.190 e. The lowest BCUT2D eigenvalue weighted by atomic mass is 9.45. The van der Waals surface area contributed by atoms with Crippen molar-refractivity contribution in [3.8, 4) is 0 Å². The average molecular weight is 388 g/mol. The van der Waals surface area contributed by atoms with Crippen molar-refractivity contribution in [1.29, 1.82) is 0 Å². The number of carbonyl (C=O) groups excluding carboxylic acids is 2. The molecule has 3 saturated heterocycles. The van der Waals surface area contributed by atoms with Gasteiger partial charge >= 0.3 is 0 Å². The second-order valence-electron chi connectivity index (χ2n) is 9.09. The van der Waals surface area contributed by atoms with Gasteiger partial charge in [-0.05, 0) is 19.4 Å². The molecule has 3 aliphatic carbocycles.